The van der Waals surface area contributed by atoms with Gasteiger partial charge in [-0.3, -0.25) is 0 Å². The fourth-order valence-electron chi connectivity index (χ4n) is 8.08. The summed E-state index contributed by atoms with van der Waals surface area (Å²) in [6, 6.07) is 83.1. The summed E-state index contributed by atoms with van der Waals surface area (Å²) in [7, 11) is 0. The minimum atomic E-state index is 1.09. The molecule has 56 heavy (non-hydrogen) atoms. The van der Waals surface area contributed by atoms with E-state index in [1.165, 1.54) is 60.8 Å². The summed E-state index contributed by atoms with van der Waals surface area (Å²) in [5.41, 5.74) is 16.3. The molecule has 0 aliphatic rings. The summed E-state index contributed by atoms with van der Waals surface area (Å²) in [5.74, 6) is 0. The lowest BCUT2D eigenvalue weighted by atomic mass is 10.00. The predicted octanol–water partition coefficient (Wildman–Crippen LogP) is 14.9. The van der Waals surface area contributed by atoms with Gasteiger partial charge in [0.15, 0.2) is 0 Å². The lowest BCUT2D eigenvalue weighted by Crippen LogP contribution is -2.11. The molecule has 0 unspecified atom stereocenters. The summed E-state index contributed by atoms with van der Waals surface area (Å²) in [6.07, 6.45) is 0. The van der Waals surface area contributed by atoms with Crippen LogP contribution in [0.15, 0.2) is 231 Å². The van der Waals surface area contributed by atoms with Crippen molar-refractivity contribution >= 4 is 38.9 Å². The van der Waals surface area contributed by atoms with Gasteiger partial charge in [-0.15, -0.1) is 0 Å². The van der Waals surface area contributed by atoms with Gasteiger partial charge in [-0.05, 0) is 87.5 Å². The van der Waals surface area contributed by atoms with Crippen molar-refractivity contribution in [3.05, 3.63) is 231 Å². The fraction of sp³-hybridized carbons (Fsp3) is 0. The van der Waals surface area contributed by atoms with Crippen molar-refractivity contribution in [2.75, 3.05) is 4.90 Å². The SMILES string of the molecule is c1ccc(-c2ccc(-c3ccc(-n4c5ccccc5c5ccc(N(c6cccc(-c7ccccc7)c6)c6ccccc6-c6ccccc6)cc54)cc3)cc2)cc1. The smallest absolute Gasteiger partial charge is 0.0561 e. The Morgan fingerprint density at radius 2 is 0.768 bits per heavy atom. The Bertz CT molecular complexity index is 2930. The number of fused-ring (bicyclic) bond motifs is 3. The van der Waals surface area contributed by atoms with Crippen LogP contribution in [0.1, 0.15) is 0 Å². The molecule has 0 aliphatic carbocycles. The van der Waals surface area contributed by atoms with E-state index in [0.717, 1.165) is 28.3 Å². The number of anilines is 3. The number of aromatic nitrogens is 1. The van der Waals surface area contributed by atoms with Gasteiger partial charge in [0.1, 0.15) is 0 Å². The predicted molar refractivity (Wildman–Crippen MR) is 237 cm³/mol. The highest BCUT2D eigenvalue weighted by Crippen LogP contribution is 2.44. The minimum Gasteiger partial charge on any atom is -0.310 e. The quantitative estimate of drug-likeness (QED) is 0.152. The van der Waals surface area contributed by atoms with Crippen molar-refractivity contribution in [2.24, 2.45) is 0 Å². The first kappa shape index (κ1) is 33.2. The van der Waals surface area contributed by atoms with Gasteiger partial charge in [0.05, 0.1) is 16.7 Å². The Labute approximate surface area is 327 Å². The fourth-order valence-corrected chi connectivity index (χ4v) is 8.08. The van der Waals surface area contributed by atoms with Crippen LogP contribution in [-0.4, -0.2) is 4.57 Å². The maximum absolute atomic E-state index is 2.42. The molecular weight excluding hydrogens is 677 g/mol. The van der Waals surface area contributed by atoms with E-state index in [-0.39, 0.29) is 0 Å². The molecule has 10 rings (SSSR count). The number of hydrogen-bond acceptors (Lipinski definition) is 1. The third kappa shape index (κ3) is 6.14. The highest BCUT2D eigenvalue weighted by molar-refractivity contribution is 6.10. The molecule has 10 aromatic rings. The van der Waals surface area contributed by atoms with Crippen LogP contribution >= 0.6 is 0 Å². The molecule has 0 saturated heterocycles. The standard InChI is InChI=1S/C54H38N2/c1-4-15-39(16-5-1)41-27-29-42(30-28-41)43-31-33-46(34-32-43)56-53-26-13-11-24-50(53)51-36-35-48(38-54(51)56)55(47-22-14-21-45(37-47)40-17-6-2-7-18-40)52-25-12-10-23-49(52)44-19-8-3-9-20-44/h1-38H. The number of para-hydroxylation sites is 2. The molecule has 0 fully saturated rings. The molecule has 0 radical (unpaired) electrons. The van der Waals surface area contributed by atoms with Gasteiger partial charge in [0.2, 0.25) is 0 Å². The highest BCUT2D eigenvalue weighted by atomic mass is 15.1. The molecule has 2 heteroatoms. The number of nitrogens with zero attached hydrogens (tertiary/aromatic N) is 2. The van der Waals surface area contributed by atoms with E-state index in [0.29, 0.717) is 0 Å². The summed E-state index contributed by atoms with van der Waals surface area (Å²) in [4.78, 5) is 2.42. The first-order chi connectivity index (χ1) is 27.8. The maximum Gasteiger partial charge on any atom is 0.0561 e. The molecule has 1 aromatic heterocycles. The Kier molecular flexibility index (Phi) is 8.55. The number of hydrogen-bond donors (Lipinski definition) is 0. The van der Waals surface area contributed by atoms with Crippen LogP contribution in [-0.2, 0) is 0 Å². The summed E-state index contributed by atoms with van der Waals surface area (Å²) < 4.78 is 2.41. The zero-order valence-corrected chi connectivity index (χ0v) is 30.8. The molecule has 9 aromatic carbocycles. The minimum absolute atomic E-state index is 1.09. The zero-order valence-electron chi connectivity index (χ0n) is 30.8. The van der Waals surface area contributed by atoms with Crippen molar-refractivity contribution in [2.45, 2.75) is 0 Å². The zero-order chi connectivity index (χ0) is 37.3. The van der Waals surface area contributed by atoms with Gasteiger partial charge in [-0.1, -0.05) is 182 Å². The average Bonchev–Trinajstić information content (AvgIpc) is 3.61. The lowest BCUT2D eigenvalue weighted by molar-refractivity contribution is 1.18. The summed E-state index contributed by atoms with van der Waals surface area (Å²) in [6.45, 7) is 0. The van der Waals surface area contributed by atoms with E-state index in [2.05, 4.69) is 240 Å². The van der Waals surface area contributed by atoms with Gasteiger partial charge in [0.25, 0.3) is 0 Å². The van der Waals surface area contributed by atoms with Crippen LogP contribution in [0.4, 0.5) is 17.1 Å². The number of benzene rings is 9. The summed E-state index contributed by atoms with van der Waals surface area (Å²) in [5, 5.41) is 2.45. The summed E-state index contributed by atoms with van der Waals surface area (Å²) >= 11 is 0. The van der Waals surface area contributed by atoms with Crippen LogP contribution in [0.2, 0.25) is 0 Å². The first-order valence-corrected chi connectivity index (χ1v) is 19.2. The Morgan fingerprint density at radius 3 is 1.45 bits per heavy atom. The van der Waals surface area contributed by atoms with E-state index in [9.17, 15) is 0 Å². The molecule has 0 spiro atoms. The van der Waals surface area contributed by atoms with Crippen molar-refractivity contribution in [3.8, 4) is 50.2 Å². The molecule has 0 atom stereocenters. The Morgan fingerprint density at radius 1 is 0.286 bits per heavy atom. The van der Waals surface area contributed by atoms with E-state index >= 15 is 0 Å². The second-order valence-corrected chi connectivity index (χ2v) is 14.2. The maximum atomic E-state index is 2.42. The molecule has 0 N–H and O–H groups in total. The Balaban J connectivity index is 1.12. The Hall–Kier alpha value is -7.42. The van der Waals surface area contributed by atoms with Gasteiger partial charge in [-0.25, -0.2) is 0 Å². The van der Waals surface area contributed by atoms with Gasteiger partial charge < -0.3 is 9.47 Å². The second-order valence-electron chi connectivity index (χ2n) is 14.2. The second kappa shape index (κ2) is 14.4. The number of rotatable bonds is 8. The molecule has 1 heterocycles. The molecule has 0 bridgehead atoms. The van der Waals surface area contributed by atoms with E-state index in [1.54, 1.807) is 0 Å². The third-order valence-electron chi connectivity index (χ3n) is 10.8. The van der Waals surface area contributed by atoms with E-state index < -0.39 is 0 Å². The highest BCUT2D eigenvalue weighted by Gasteiger charge is 2.20. The average molecular weight is 715 g/mol. The van der Waals surface area contributed by atoms with Crippen LogP contribution < -0.4 is 4.90 Å². The molecule has 0 aliphatic heterocycles. The van der Waals surface area contributed by atoms with Crippen molar-refractivity contribution < 1.29 is 0 Å². The lowest BCUT2D eigenvalue weighted by Gasteiger charge is -2.28. The molecule has 264 valence electrons. The monoisotopic (exact) mass is 714 g/mol. The topological polar surface area (TPSA) is 8.17 Å². The van der Waals surface area contributed by atoms with Gasteiger partial charge in [0, 0.05) is 33.4 Å². The largest absolute Gasteiger partial charge is 0.310 e. The molecule has 0 amide bonds. The molecular formula is C54H38N2. The van der Waals surface area contributed by atoms with E-state index in [4.69, 9.17) is 0 Å². The van der Waals surface area contributed by atoms with Gasteiger partial charge in [-0.2, -0.15) is 0 Å². The van der Waals surface area contributed by atoms with Crippen LogP contribution in [0.3, 0.4) is 0 Å². The van der Waals surface area contributed by atoms with Crippen LogP contribution in [0, 0.1) is 0 Å². The normalized spacial score (nSPS) is 11.2. The van der Waals surface area contributed by atoms with Crippen LogP contribution in [0.5, 0.6) is 0 Å². The molecule has 2 nitrogen and oxygen atoms in total. The van der Waals surface area contributed by atoms with Crippen molar-refractivity contribution in [3.63, 3.8) is 0 Å². The van der Waals surface area contributed by atoms with E-state index in [1.807, 2.05) is 0 Å². The molecule has 0 saturated carbocycles. The van der Waals surface area contributed by atoms with Crippen LogP contribution in [0.25, 0.3) is 72.0 Å². The first-order valence-electron chi connectivity index (χ1n) is 19.2. The van der Waals surface area contributed by atoms with Gasteiger partial charge >= 0.3 is 0 Å². The third-order valence-corrected chi connectivity index (χ3v) is 10.8. The van der Waals surface area contributed by atoms with Crippen molar-refractivity contribution in [1.82, 2.24) is 4.57 Å². The van der Waals surface area contributed by atoms with Crippen molar-refractivity contribution in [1.29, 1.82) is 0 Å².